The number of carbonyl (C=O) groups is 1. The third kappa shape index (κ3) is 2.36. The van der Waals surface area contributed by atoms with E-state index in [1.54, 1.807) is 6.07 Å². The molecule has 0 fully saturated rings. The fraction of sp³-hybridized carbons (Fsp3) is 0.231. The predicted octanol–water partition coefficient (Wildman–Crippen LogP) is 1.96. The molecule has 1 aromatic carbocycles. The van der Waals surface area contributed by atoms with Gasteiger partial charge in [-0.15, -0.1) is 0 Å². The number of hydrogen-bond acceptors (Lipinski definition) is 3. The van der Waals surface area contributed by atoms with Gasteiger partial charge in [0.05, 0.1) is 11.1 Å². The number of carbonyl (C=O) groups excluding carboxylic acids is 1. The van der Waals surface area contributed by atoms with Crippen LogP contribution in [-0.4, -0.2) is 16.9 Å². The molecule has 2 rings (SSSR count). The summed E-state index contributed by atoms with van der Waals surface area (Å²) < 4.78 is 0. The standard InChI is InChI=1S/C13H15N3O/c1-8(2)15-13(17)10-7-12(14)16-11-6-4-3-5-9(10)11/h3-8H,1-2H3,(H2,14,16)(H,15,17). The third-order valence-corrected chi connectivity index (χ3v) is 2.40. The molecule has 0 aliphatic carbocycles. The average molecular weight is 229 g/mol. The van der Waals surface area contributed by atoms with Gasteiger partial charge in [0.15, 0.2) is 0 Å². The maximum Gasteiger partial charge on any atom is 0.252 e. The fourth-order valence-electron chi connectivity index (χ4n) is 1.72. The van der Waals surface area contributed by atoms with Gasteiger partial charge in [-0.1, -0.05) is 18.2 Å². The van der Waals surface area contributed by atoms with Crippen molar-refractivity contribution in [3.63, 3.8) is 0 Å². The Morgan fingerprint density at radius 3 is 2.76 bits per heavy atom. The van der Waals surface area contributed by atoms with Gasteiger partial charge >= 0.3 is 0 Å². The third-order valence-electron chi connectivity index (χ3n) is 2.40. The zero-order chi connectivity index (χ0) is 12.4. The number of nitrogens with two attached hydrogens (primary N) is 1. The summed E-state index contributed by atoms with van der Waals surface area (Å²) in [4.78, 5) is 16.2. The topological polar surface area (TPSA) is 68.0 Å². The molecule has 0 saturated carbocycles. The number of hydrogen-bond donors (Lipinski definition) is 2. The van der Waals surface area contributed by atoms with Crippen molar-refractivity contribution in [2.24, 2.45) is 0 Å². The van der Waals surface area contributed by atoms with E-state index < -0.39 is 0 Å². The first kappa shape index (κ1) is 11.4. The van der Waals surface area contributed by atoms with Crippen LogP contribution in [0.5, 0.6) is 0 Å². The first-order valence-corrected chi connectivity index (χ1v) is 5.54. The molecule has 2 aromatic rings. The second-order valence-electron chi connectivity index (χ2n) is 4.24. The first-order valence-electron chi connectivity index (χ1n) is 5.54. The van der Waals surface area contributed by atoms with Crippen molar-refractivity contribution in [1.82, 2.24) is 10.3 Å². The van der Waals surface area contributed by atoms with Crippen LogP contribution in [0.2, 0.25) is 0 Å². The Morgan fingerprint density at radius 1 is 1.35 bits per heavy atom. The SMILES string of the molecule is CC(C)NC(=O)c1cc(N)nc2ccccc12. The van der Waals surface area contributed by atoms with Crippen molar-refractivity contribution in [2.75, 3.05) is 5.73 Å². The molecule has 17 heavy (non-hydrogen) atoms. The molecule has 4 nitrogen and oxygen atoms in total. The second kappa shape index (κ2) is 4.41. The number of aromatic nitrogens is 1. The van der Waals surface area contributed by atoms with E-state index in [4.69, 9.17) is 5.73 Å². The van der Waals surface area contributed by atoms with E-state index in [2.05, 4.69) is 10.3 Å². The van der Waals surface area contributed by atoms with Gasteiger partial charge in [0.1, 0.15) is 5.82 Å². The van der Waals surface area contributed by atoms with Gasteiger partial charge in [-0.25, -0.2) is 4.98 Å². The van der Waals surface area contributed by atoms with E-state index in [-0.39, 0.29) is 11.9 Å². The molecule has 0 bridgehead atoms. The van der Waals surface area contributed by atoms with Crippen LogP contribution in [0, 0.1) is 0 Å². The monoisotopic (exact) mass is 229 g/mol. The van der Waals surface area contributed by atoms with Crippen LogP contribution in [0.1, 0.15) is 24.2 Å². The summed E-state index contributed by atoms with van der Waals surface area (Å²) in [5.74, 6) is 0.239. The van der Waals surface area contributed by atoms with Gasteiger partial charge in [0.2, 0.25) is 0 Å². The number of para-hydroxylation sites is 1. The molecular formula is C13H15N3O. The Balaban J connectivity index is 2.56. The maximum atomic E-state index is 12.0. The molecule has 1 heterocycles. The predicted molar refractivity (Wildman–Crippen MR) is 68.8 cm³/mol. The molecule has 88 valence electrons. The number of rotatable bonds is 2. The van der Waals surface area contributed by atoms with Crippen molar-refractivity contribution in [3.05, 3.63) is 35.9 Å². The Kier molecular flexibility index (Phi) is 2.95. The lowest BCUT2D eigenvalue weighted by Gasteiger charge is -2.10. The molecule has 0 atom stereocenters. The van der Waals surface area contributed by atoms with Crippen LogP contribution in [0.25, 0.3) is 10.9 Å². The highest BCUT2D eigenvalue weighted by atomic mass is 16.1. The summed E-state index contributed by atoms with van der Waals surface area (Å²) in [6.45, 7) is 3.84. The summed E-state index contributed by atoms with van der Waals surface area (Å²) in [5, 5.41) is 3.68. The molecule has 0 saturated heterocycles. The molecule has 0 aliphatic rings. The minimum absolute atomic E-state index is 0.0932. The smallest absolute Gasteiger partial charge is 0.252 e. The Labute approximate surface area is 99.8 Å². The number of nitrogen functional groups attached to an aromatic ring is 1. The van der Waals surface area contributed by atoms with Crippen LogP contribution < -0.4 is 11.1 Å². The summed E-state index contributed by atoms with van der Waals surface area (Å²) in [5.41, 5.74) is 7.01. The Hall–Kier alpha value is -2.10. The summed E-state index contributed by atoms with van der Waals surface area (Å²) in [7, 11) is 0. The van der Waals surface area contributed by atoms with Crippen molar-refractivity contribution in [2.45, 2.75) is 19.9 Å². The van der Waals surface area contributed by atoms with E-state index in [1.165, 1.54) is 0 Å². The van der Waals surface area contributed by atoms with Gasteiger partial charge in [0.25, 0.3) is 5.91 Å². The number of fused-ring (bicyclic) bond motifs is 1. The molecule has 4 heteroatoms. The number of anilines is 1. The zero-order valence-electron chi connectivity index (χ0n) is 9.90. The molecule has 0 radical (unpaired) electrons. The lowest BCUT2D eigenvalue weighted by atomic mass is 10.1. The van der Waals surface area contributed by atoms with Gasteiger partial charge in [-0.05, 0) is 26.0 Å². The van der Waals surface area contributed by atoms with Crippen LogP contribution in [-0.2, 0) is 0 Å². The molecular weight excluding hydrogens is 214 g/mol. The molecule has 0 unspecified atom stereocenters. The average Bonchev–Trinajstić information content (AvgIpc) is 2.26. The number of nitrogens with one attached hydrogen (secondary N) is 1. The minimum atomic E-state index is -0.120. The van der Waals surface area contributed by atoms with E-state index in [0.29, 0.717) is 11.4 Å². The summed E-state index contributed by atoms with van der Waals surface area (Å²) >= 11 is 0. The van der Waals surface area contributed by atoms with E-state index in [9.17, 15) is 4.79 Å². The van der Waals surface area contributed by atoms with Crippen molar-refractivity contribution >= 4 is 22.6 Å². The highest BCUT2D eigenvalue weighted by molar-refractivity contribution is 6.06. The number of benzene rings is 1. The number of amides is 1. The molecule has 1 amide bonds. The van der Waals surface area contributed by atoms with Crippen LogP contribution in [0.3, 0.4) is 0 Å². The molecule has 3 N–H and O–H groups in total. The lowest BCUT2D eigenvalue weighted by molar-refractivity contribution is 0.0945. The zero-order valence-corrected chi connectivity index (χ0v) is 9.90. The Morgan fingerprint density at radius 2 is 2.06 bits per heavy atom. The van der Waals surface area contributed by atoms with Crippen LogP contribution >= 0.6 is 0 Å². The van der Waals surface area contributed by atoms with Crippen molar-refractivity contribution < 1.29 is 4.79 Å². The van der Waals surface area contributed by atoms with Gasteiger partial charge in [0, 0.05) is 11.4 Å². The van der Waals surface area contributed by atoms with E-state index >= 15 is 0 Å². The minimum Gasteiger partial charge on any atom is -0.384 e. The quantitative estimate of drug-likeness (QED) is 0.827. The Bertz CT molecular complexity index is 564. The maximum absolute atomic E-state index is 12.0. The normalized spacial score (nSPS) is 10.8. The highest BCUT2D eigenvalue weighted by Crippen LogP contribution is 2.19. The van der Waals surface area contributed by atoms with Gasteiger partial charge in [-0.3, -0.25) is 4.79 Å². The molecule has 1 aromatic heterocycles. The largest absolute Gasteiger partial charge is 0.384 e. The van der Waals surface area contributed by atoms with Crippen LogP contribution in [0.15, 0.2) is 30.3 Å². The second-order valence-corrected chi connectivity index (χ2v) is 4.24. The van der Waals surface area contributed by atoms with Crippen molar-refractivity contribution in [1.29, 1.82) is 0 Å². The summed E-state index contributed by atoms with van der Waals surface area (Å²) in [6, 6.07) is 9.18. The highest BCUT2D eigenvalue weighted by Gasteiger charge is 2.12. The summed E-state index contributed by atoms with van der Waals surface area (Å²) in [6.07, 6.45) is 0. The lowest BCUT2D eigenvalue weighted by Crippen LogP contribution is -2.30. The molecule has 0 aliphatic heterocycles. The first-order chi connectivity index (χ1) is 8.08. The van der Waals surface area contributed by atoms with Gasteiger partial charge in [-0.2, -0.15) is 0 Å². The number of pyridine rings is 1. The van der Waals surface area contributed by atoms with Gasteiger partial charge < -0.3 is 11.1 Å². The van der Waals surface area contributed by atoms with Crippen LogP contribution in [0.4, 0.5) is 5.82 Å². The van der Waals surface area contributed by atoms with E-state index in [1.807, 2.05) is 38.1 Å². The van der Waals surface area contributed by atoms with E-state index in [0.717, 1.165) is 10.9 Å². The fourth-order valence-corrected chi connectivity index (χ4v) is 1.72. The van der Waals surface area contributed by atoms with Crippen molar-refractivity contribution in [3.8, 4) is 0 Å². The molecule has 0 spiro atoms. The number of nitrogens with zero attached hydrogens (tertiary/aromatic N) is 1.